The molecule has 0 aliphatic carbocycles. The van der Waals surface area contributed by atoms with Gasteiger partial charge in [0.2, 0.25) is 5.88 Å². The number of rotatable bonds is 5. The van der Waals surface area contributed by atoms with E-state index >= 15 is 0 Å². The van der Waals surface area contributed by atoms with Gasteiger partial charge in [0.1, 0.15) is 18.2 Å². The van der Waals surface area contributed by atoms with Gasteiger partial charge in [-0.1, -0.05) is 30.3 Å². The highest BCUT2D eigenvalue weighted by Crippen LogP contribution is 2.21. The summed E-state index contributed by atoms with van der Waals surface area (Å²) in [6, 6.07) is 15.2. The summed E-state index contributed by atoms with van der Waals surface area (Å²) >= 11 is 0. The Hall–Kier alpha value is -2.82. The SMILES string of the molecule is CNc1cc(OCc2ccco2)nc(-c2ccccc2)n1. The number of aromatic nitrogens is 2. The summed E-state index contributed by atoms with van der Waals surface area (Å²) in [5, 5.41) is 3.02. The minimum absolute atomic E-state index is 0.335. The van der Waals surface area contributed by atoms with Gasteiger partial charge in [-0.15, -0.1) is 0 Å². The predicted molar refractivity (Wildman–Crippen MR) is 80.1 cm³/mol. The van der Waals surface area contributed by atoms with Crippen molar-refractivity contribution in [2.24, 2.45) is 0 Å². The first kappa shape index (κ1) is 13.2. The molecule has 0 aliphatic rings. The predicted octanol–water partition coefficient (Wildman–Crippen LogP) is 3.36. The maximum Gasteiger partial charge on any atom is 0.219 e. The Morgan fingerprint density at radius 1 is 1.10 bits per heavy atom. The van der Waals surface area contributed by atoms with Gasteiger partial charge < -0.3 is 14.5 Å². The van der Waals surface area contributed by atoms with Crippen molar-refractivity contribution in [2.45, 2.75) is 6.61 Å². The second-order valence-electron chi connectivity index (χ2n) is 4.40. The van der Waals surface area contributed by atoms with E-state index in [0.717, 1.165) is 11.3 Å². The number of ether oxygens (including phenoxy) is 1. The van der Waals surface area contributed by atoms with E-state index < -0.39 is 0 Å². The molecule has 3 rings (SSSR count). The molecule has 0 atom stereocenters. The van der Waals surface area contributed by atoms with E-state index in [1.54, 1.807) is 12.3 Å². The summed E-state index contributed by atoms with van der Waals surface area (Å²) in [5.74, 6) is 2.58. The molecular weight excluding hydrogens is 266 g/mol. The molecule has 2 heterocycles. The van der Waals surface area contributed by atoms with Crippen LogP contribution in [-0.4, -0.2) is 17.0 Å². The number of anilines is 1. The lowest BCUT2D eigenvalue weighted by Crippen LogP contribution is -2.01. The van der Waals surface area contributed by atoms with Crippen molar-refractivity contribution in [1.29, 1.82) is 0 Å². The topological polar surface area (TPSA) is 60.2 Å². The van der Waals surface area contributed by atoms with Crippen LogP contribution in [0.3, 0.4) is 0 Å². The van der Waals surface area contributed by atoms with Gasteiger partial charge in [-0.3, -0.25) is 0 Å². The lowest BCUT2D eigenvalue weighted by molar-refractivity contribution is 0.260. The normalized spacial score (nSPS) is 10.3. The first-order valence-electron chi connectivity index (χ1n) is 6.62. The monoisotopic (exact) mass is 281 g/mol. The fourth-order valence-corrected chi connectivity index (χ4v) is 1.88. The number of hydrogen-bond donors (Lipinski definition) is 1. The van der Waals surface area contributed by atoms with Crippen LogP contribution in [0.15, 0.2) is 59.2 Å². The first-order chi connectivity index (χ1) is 10.3. The molecule has 21 heavy (non-hydrogen) atoms. The fourth-order valence-electron chi connectivity index (χ4n) is 1.88. The lowest BCUT2D eigenvalue weighted by atomic mass is 10.2. The Morgan fingerprint density at radius 3 is 2.67 bits per heavy atom. The van der Waals surface area contributed by atoms with E-state index in [0.29, 0.717) is 24.1 Å². The molecule has 0 saturated heterocycles. The standard InChI is InChI=1S/C16H15N3O2/c1-17-14-10-15(21-11-13-8-5-9-20-13)19-16(18-14)12-6-3-2-4-7-12/h2-10H,11H2,1H3,(H,17,18,19). The summed E-state index contributed by atoms with van der Waals surface area (Å²) in [7, 11) is 1.81. The van der Waals surface area contributed by atoms with Crippen molar-refractivity contribution in [3.63, 3.8) is 0 Å². The molecular formula is C16H15N3O2. The largest absolute Gasteiger partial charge is 0.469 e. The summed E-state index contributed by atoms with van der Waals surface area (Å²) in [4.78, 5) is 8.88. The second-order valence-corrected chi connectivity index (χ2v) is 4.40. The van der Waals surface area contributed by atoms with Crippen LogP contribution in [0, 0.1) is 0 Å². The quantitative estimate of drug-likeness (QED) is 0.777. The van der Waals surface area contributed by atoms with Crippen LogP contribution in [0.1, 0.15) is 5.76 Å². The van der Waals surface area contributed by atoms with Gasteiger partial charge in [0, 0.05) is 18.7 Å². The molecule has 2 aromatic heterocycles. The van der Waals surface area contributed by atoms with E-state index in [1.807, 2.05) is 49.5 Å². The molecule has 1 aromatic carbocycles. The Labute approximate surface area is 122 Å². The van der Waals surface area contributed by atoms with E-state index in [4.69, 9.17) is 9.15 Å². The van der Waals surface area contributed by atoms with E-state index in [2.05, 4.69) is 15.3 Å². The van der Waals surface area contributed by atoms with Gasteiger partial charge in [-0.05, 0) is 12.1 Å². The van der Waals surface area contributed by atoms with Crippen molar-refractivity contribution in [3.05, 3.63) is 60.6 Å². The van der Waals surface area contributed by atoms with Crippen LogP contribution in [0.25, 0.3) is 11.4 Å². The molecule has 0 radical (unpaired) electrons. The molecule has 0 saturated carbocycles. The van der Waals surface area contributed by atoms with Crippen molar-refractivity contribution in [3.8, 4) is 17.3 Å². The highest BCUT2D eigenvalue weighted by atomic mass is 16.5. The Morgan fingerprint density at radius 2 is 1.95 bits per heavy atom. The van der Waals surface area contributed by atoms with Gasteiger partial charge in [-0.25, -0.2) is 4.98 Å². The molecule has 1 N–H and O–H groups in total. The van der Waals surface area contributed by atoms with Gasteiger partial charge in [0.05, 0.1) is 6.26 Å². The number of benzene rings is 1. The van der Waals surface area contributed by atoms with Gasteiger partial charge in [-0.2, -0.15) is 4.98 Å². The van der Waals surface area contributed by atoms with Crippen LogP contribution in [0.2, 0.25) is 0 Å². The zero-order valence-electron chi connectivity index (χ0n) is 11.6. The Balaban J connectivity index is 1.86. The van der Waals surface area contributed by atoms with Crippen molar-refractivity contribution >= 4 is 5.82 Å². The zero-order chi connectivity index (χ0) is 14.5. The number of nitrogens with one attached hydrogen (secondary N) is 1. The van der Waals surface area contributed by atoms with Crippen LogP contribution >= 0.6 is 0 Å². The number of furan rings is 1. The Bertz CT molecular complexity index is 697. The fraction of sp³-hybridized carbons (Fsp3) is 0.125. The van der Waals surface area contributed by atoms with Gasteiger partial charge in [0.25, 0.3) is 0 Å². The third-order valence-electron chi connectivity index (χ3n) is 2.93. The van der Waals surface area contributed by atoms with E-state index in [-0.39, 0.29) is 0 Å². The average Bonchev–Trinajstić information content (AvgIpc) is 3.07. The van der Waals surface area contributed by atoms with Gasteiger partial charge in [0.15, 0.2) is 5.82 Å². The summed E-state index contributed by atoms with van der Waals surface area (Å²) in [6.45, 7) is 0.335. The second kappa shape index (κ2) is 6.09. The molecule has 0 bridgehead atoms. The summed E-state index contributed by atoms with van der Waals surface area (Å²) < 4.78 is 10.9. The molecule has 0 fully saturated rings. The lowest BCUT2D eigenvalue weighted by Gasteiger charge is -2.08. The van der Waals surface area contributed by atoms with E-state index in [1.165, 1.54) is 0 Å². The van der Waals surface area contributed by atoms with Gasteiger partial charge >= 0.3 is 0 Å². The van der Waals surface area contributed by atoms with Crippen LogP contribution in [0.5, 0.6) is 5.88 Å². The molecule has 5 nitrogen and oxygen atoms in total. The molecule has 3 aromatic rings. The molecule has 5 heteroatoms. The first-order valence-corrected chi connectivity index (χ1v) is 6.62. The highest BCUT2D eigenvalue weighted by Gasteiger charge is 2.07. The van der Waals surface area contributed by atoms with Crippen molar-refractivity contribution < 1.29 is 9.15 Å². The maximum absolute atomic E-state index is 5.67. The number of nitrogens with zero attached hydrogens (tertiary/aromatic N) is 2. The zero-order valence-corrected chi connectivity index (χ0v) is 11.6. The summed E-state index contributed by atoms with van der Waals surface area (Å²) in [6.07, 6.45) is 1.62. The summed E-state index contributed by atoms with van der Waals surface area (Å²) in [5.41, 5.74) is 0.942. The number of hydrogen-bond acceptors (Lipinski definition) is 5. The molecule has 0 aliphatic heterocycles. The third kappa shape index (κ3) is 3.20. The smallest absolute Gasteiger partial charge is 0.219 e. The molecule has 0 amide bonds. The van der Waals surface area contributed by atoms with Crippen LogP contribution in [0.4, 0.5) is 5.82 Å². The molecule has 0 spiro atoms. The van der Waals surface area contributed by atoms with Crippen molar-refractivity contribution in [1.82, 2.24) is 9.97 Å². The van der Waals surface area contributed by atoms with E-state index in [9.17, 15) is 0 Å². The molecule has 106 valence electrons. The highest BCUT2D eigenvalue weighted by molar-refractivity contribution is 5.58. The minimum Gasteiger partial charge on any atom is -0.469 e. The molecule has 0 unspecified atom stereocenters. The third-order valence-corrected chi connectivity index (χ3v) is 2.93. The Kier molecular flexibility index (Phi) is 3.82. The van der Waals surface area contributed by atoms with Crippen molar-refractivity contribution in [2.75, 3.05) is 12.4 Å². The van der Waals surface area contributed by atoms with Crippen LogP contribution in [-0.2, 0) is 6.61 Å². The average molecular weight is 281 g/mol. The van der Waals surface area contributed by atoms with Crippen LogP contribution < -0.4 is 10.1 Å². The minimum atomic E-state index is 0.335. The maximum atomic E-state index is 5.67.